The first-order valence-electron chi connectivity index (χ1n) is 8.90. The maximum atomic E-state index is 12.9. The smallest absolute Gasteiger partial charge is 0.243 e. The zero-order valence-corrected chi connectivity index (χ0v) is 17.6. The molecule has 29 heavy (non-hydrogen) atoms. The van der Waals surface area contributed by atoms with Crippen LogP contribution in [0.1, 0.15) is 0 Å². The Morgan fingerprint density at radius 1 is 0.828 bits per heavy atom. The molecule has 7 nitrogen and oxygen atoms in total. The first-order valence-corrected chi connectivity index (χ1v) is 11.1. The van der Waals surface area contributed by atoms with E-state index in [9.17, 15) is 8.42 Å². The van der Waals surface area contributed by atoms with Gasteiger partial charge in [-0.15, -0.1) is 10.2 Å². The van der Waals surface area contributed by atoms with E-state index >= 15 is 0 Å². The monoisotopic (exact) mass is 449 g/mol. The van der Waals surface area contributed by atoms with Gasteiger partial charge in [0.05, 0.1) is 20.6 Å². The Labute approximate surface area is 179 Å². The molecule has 1 fully saturated rings. The van der Waals surface area contributed by atoms with Crippen molar-refractivity contribution in [2.75, 3.05) is 31.1 Å². The van der Waals surface area contributed by atoms with Crippen LogP contribution in [0.25, 0.3) is 11.4 Å². The van der Waals surface area contributed by atoms with E-state index in [2.05, 4.69) is 15.2 Å². The molecule has 10 heteroatoms. The molecule has 1 saturated heterocycles. The van der Waals surface area contributed by atoms with Gasteiger partial charge in [0, 0.05) is 32.4 Å². The third-order valence-electron chi connectivity index (χ3n) is 4.67. The Morgan fingerprint density at radius 3 is 2.24 bits per heavy atom. The van der Waals surface area contributed by atoms with E-state index in [0.29, 0.717) is 42.7 Å². The van der Waals surface area contributed by atoms with Crippen LogP contribution in [0.5, 0.6) is 0 Å². The molecule has 3 heterocycles. The normalized spacial score (nSPS) is 15.4. The predicted molar refractivity (Wildman–Crippen MR) is 113 cm³/mol. The van der Waals surface area contributed by atoms with Gasteiger partial charge in [0.2, 0.25) is 10.0 Å². The van der Waals surface area contributed by atoms with E-state index in [0.717, 1.165) is 5.69 Å². The molecule has 2 aromatic heterocycles. The molecule has 0 spiro atoms. The number of rotatable bonds is 4. The van der Waals surface area contributed by atoms with Gasteiger partial charge in [0.1, 0.15) is 5.69 Å². The van der Waals surface area contributed by atoms with Gasteiger partial charge in [-0.1, -0.05) is 29.3 Å². The molecule has 0 unspecified atom stereocenters. The highest BCUT2D eigenvalue weighted by Gasteiger charge is 2.29. The molecule has 0 aliphatic carbocycles. The second-order valence-electron chi connectivity index (χ2n) is 6.46. The van der Waals surface area contributed by atoms with Crippen LogP contribution < -0.4 is 4.90 Å². The molecule has 0 N–H and O–H groups in total. The molecule has 0 atom stereocenters. The van der Waals surface area contributed by atoms with Crippen LogP contribution in [0.4, 0.5) is 5.82 Å². The second-order valence-corrected chi connectivity index (χ2v) is 9.21. The highest BCUT2D eigenvalue weighted by atomic mass is 35.5. The standard InChI is InChI=1S/C19H17Cl2N5O2S/c20-15-5-4-14(13-16(15)21)29(27,28)26-11-9-25(10-12-26)19-7-6-18(23-24-19)17-3-1-2-8-22-17/h1-8,13H,9-12H2. The third-order valence-corrected chi connectivity index (χ3v) is 7.30. The average Bonchev–Trinajstić information content (AvgIpc) is 2.76. The fourth-order valence-electron chi connectivity index (χ4n) is 3.09. The van der Waals surface area contributed by atoms with Crippen molar-refractivity contribution in [3.63, 3.8) is 0 Å². The summed E-state index contributed by atoms with van der Waals surface area (Å²) in [5.41, 5.74) is 1.44. The minimum Gasteiger partial charge on any atom is -0.352 e. The van der Waals surface area contributed by atoms with Crippen LogP contribution in [0.3, 0.4) is 0 Å². The lowest BCUT2D eigenvalue weighted by molar-refractivity contribution is 0.383. The molecule has 0 saturated carbocycles. The summed E-state index contributed by atoms with van der Waals surface area (Å²) in [6.45, 7) is 1.70. The summed E-state index contributed by atoms with van der Waals surface area (Å²) in [6, 6.07) is 13.7. The number of sulfonamides is 1. The Morgan fingerprint density at radius 2 is 1.62 bits per heavy atom. The summed E-state index contributed by atoms with van der Waals surface area (Å²) < 4.78 is 27.2. The zero-order chi connectivity index (χ0) is 20.4. The van der Waals surface area contributed by atoms with Crippen molar-refractivity contribution in [1.82, 2.24) is 19.5 Å². The van der Waals surface area contributed by atoms with E-state index in [-0.39, 0.29) is 9.92 Å². The number of anilines is 1. The fourth-order valence-corrected chi connectivity index (χ4v) is 4.90. The lowest BCUT2D eigenvalue weighted by Crippen LogP contribution is -2.49. The Hall–Kier alpha value is -2.26. The Balaban J connectivity index is 1.44. The predicted octanol–water partition coefficient (Wildman–Crippen LogP) is 3.36. The van der Waals surface area contributed by atoms with Gasteiger partial charge in [-0.3, -0.25) is 4.98 Å². The Bertz CT molecular complexity index is 1100. The highest BCUT2D eigenvalue weighted by molar-refractivity contribution is 7.89. The van der Waals surface area contributed by atoms with E-state index in [1.807, 2.05) is 35.2 Å². The number of hydrogen-bond acceptors (Lipinski definition) is 6. The minimum absolute atomic E-state index is 0.139. The van der Waals surface area contributed by atoms with Crippen LogP contribution in [-0.2, 0) is 10.0 Å². The van der Waals surface area contributed by atoms with E-state index in [1.54, 1.807) is 6.20 Å². The molecule has 1 aliphatic rings. The van der Waals surface area contributed by atoms with Gasteiger partial charge in [-0.25, -0.2) is 8.42 Å². The van der Waals surface area contributed by atoms with Crippen molar-refractivity contribution in [2.45, 2.75) is 4.90 Å². The van der Waals surface area contributed by atoms with Crippen LogP contribution in [0, 0.1) is 0 Å². The average molecular weight is 450 g/mol. The van der Waals surface area contributed by atoms with Crippen LogP contribution >= 0.6 is 23.2 Å². The first-order chi connectivity index (χ1) is 13.9. The van der Waals surface area contributed by atoms with Gasteiger partial charge in [0.15, 0.2) is 5.82 Å². The highest BCUT2D eigenvalue weighted by Crippen LogP contribution is 2.27. The largest absolute Gasteiger partial charge is 0.352 e. The zero-order valence-electron chi connectivity index (χ0n) is 15.2. The molecular weight excluding hydrogens is 433 g/mol. The van der Waals surface area contributed by atoms with Gasteiger partial charge in [0.25, 0.3) is 0 Å². The number of piperazine rings is 1. The van der Waals surface area contributed by atoms with Crippen LogP contribution in [-0.4, -0.2) is 54.1 Å². The van der Waals surface area contributed by atoms with Crippen LogP contribution in [0.2, 0.25) is 10.0 Å². The number of nitrogens with zero attached hydrogens (tertiary/aromatic N) is 5. The van der Waals surface area contributed by atoms with Crippen molar-refractivity contribution in [3.8, 4) is 11.4 Å². The quantitative estimate of drug-likeness (QED) is 0.607. The number of aromatic nitrogens is 3. The molecule has 1 aromatic carbocycles. The molecule has 1 aliphatic heterocycles. The van der Waals surface area contributed by atoms with Gasteiger partial charge < -0.3 is 4.90 Å². The molecule has 0 radical (unpaired) electrons. The SMILES string of the molecule is O=S(=O)(c1ccc(Cl)c(Cl)c1)N1CCN(c2ccc(-c3ccccn3)nn2)CC1. The van der Waals surface area contributed by atoms with Crippen molar-refractivity contribution in [1.29, 1.82) is 0 Å². The molecule has 0 bridgehead atoms. The van der Waals surface area contributed by atoms with Gasteiger partial charge in [-0.2, -0.15) is 4.31 Å². The van der Waals surface area contributed by atoms with Crippen molar-refractivity contribution >= 4 is 39.0 Å². The fraction of sp³-hybridized carbons (Fsp3) is 0.211. The van der Waals surface area contributed by atoms with Gasteiger partial charge >= 0.3 is 0 Å². The number of hydrogen-bond donors (Lipinski definition) is 0. The molecule has 3 aromatic rings. The maximum absolute atomic E-state index is 12.9. The third kappa shape index (κ3) is 4.20. The molecule has 150 valence electrons. The summed E-state index contributed by atoms with van der Waals surface area (Å²) in [7, 11) is -3.63. The maximum Gasteiger partial charge on any atom is 0.243 e. The summed E-state index contributed by atoms with van der Waals surface area (Å²) in [5.74, 6) is 0.705. The molecular formula is C19H17Cl2N5O2S. The van der Waals surface area contributed by atoms with E-state index in [1.165, 1.54) is 22.5 Å². The summed E-state index contributed by atoms with van der Waals surface area (Å²) in [6.07, 6.45) is 1.71. The van der Waals surface area contributed by atoms with E-state index < -0.39 is 10.0 Å². The number of benzene rings is 1. The summed E-state index contributed by atoms with van der Waals surface area (Å²) >= 11 is 11.9. The molecule has 4 rings (SSSR count). The second kappa shape index (κ2) is 8.23. The van der Waals surface area contributed by atoms with Crippen molar-refractivity contribution in [2.24, 2.45) is 0 Å². The topological polar surface area (TPSA) is 79.3 Å². The lowest BCUT2D eigenvalue weighted by Gasteiger charge is -2.34. The Kier molecular flexibility index (Phi) is 5.69. The lowest BCUT2D eigenvalue weighted by atomic mass is 10.2. The number of halogens is 2. The summed E-state index contributed by atoms with van der Waals surface area (Å²) in [4.78, 5) is 6.41. The molecule has 0 amide bonds. The first kappa shape index (κ1) is 20.0. The van der Waals surface area contributed by atoms with Crippen molar-refractivity contribution in [3.05, 3.63) is 64.8 Å². The number of pyridine rings is 1. The van der Waals surface area contributed by atoms with E-state index in [4.69, 9.17) is 23.2 Å². The van der Waals surface area contributed by atoms with Gasteiger partial charge in [-0.05, 0) is 42.5 Å². The minimum atomic E-state index is -3.63. The van der Waals surface area contributed by atoms with Crippen molar-refractivity contribution < 1.29 is 8.42 Å². The van der Waals surface area contributed by atoms with Crippen LogP contribution in [0.15, 0.2) is 59.6 Å². The summed E-state index contributed by atoms with van der Waals surface area (Å²) in [5, 5.41) is 9.07.